The lowest BCUT2D eigenvalue weighted by molar-refractivity contribution is -0.299. The summed E-state index contributed by atoms with van der Waals surface area (Å²) in [5.74, 6) is -1.05. The first kappa shape index (κ1) is 21.6. The Kier molecular flexibility index (Phi) is 5.88. The Bertz CT molecular complexity index is 785. The molecular formula is C21H28O9. The third kappa shape index (κ3) is 3.54. The fourth-order valence-corrected chi connectivity index (χ4v) is 4.96. The molecule has 0 saturated carbocycles. The predicted molar refractivity (Wildman–Crippen MR) is 102 cm³/mol. The van der Waals surface area contributed by atoms with Crippen molar-refractivity contribution in [2.75, 3.05) is 13.2 Å². The number of carbonyl (C=O) groups excluding carboxylic acids is 1. The van der Waals surface area contributed by atoms with Gasteiger partial charge in [-0.05, 0) is 30.9 Å². The van der Waals surface area contributed by atoms with Gasteiger partial charge in [-0.2, -0.15) is 0 Å². The number of aliphatic hydroxyl groups is 5. The minimum absolute atomic E-state index is 0.0881. The summed E-state index contributed by atoms with van der Waals surface area (Å²) < 4.78 is 16.6. The van der Waals surface area contributed by atoms with E-state index in [1.807, 2.05) is 13.0 Å². The van der Waals surface area contributed by atoms with E-state index in [1.54, 1.807) is 0 Å². The molecule has 0 aromatic carbocycles. The van der Waals surface area contributed by atoms with Crippen molar-refractivity contribution in [3.8, 4) is 0 Å². The second-order valence-corrected chi connectivity index (χ2v) is 8.55. The number of aliphatic hydroxyl groups excluding tert-OH is 5. The van der Waals surface area contributed by atoms with E-state index in [9.17, 15) is 30.3 Å². The van der Waals surface area contributed by atoms with E-state index in [0.717, 1.165) is 16.7 Å². The van der Waals surface area contributed by atoms with Gasteiger partial charge in [0.25, 0.3) is 0 Å². The van der Waals surface area contributed by atoms with Crippen molar-refractivity contribution in [3.63, 3.8) is 0 Å². The molecule has 4 rings (SSSR count). The zero-order valence-electron chi connectivity index (χ0n) is 16.7. The smallest absolute Gasteiger partial charge is 0.334 e. The molecule has 4 aliphatic rings. The van der Waals surface area contributed by atoms with Gasteiger partial charge in [-0.1, -0.05) is 18.2 Å². The third-order valence-corrected chi connectivity index (χ3v) is 6.60. The molecule has 166 valence electrons. The molecular weight excluding hydrogens is 396 g/mol. The van der Waals surface area contributed by atoms with Crippen LogP contribution in [0.1, 0.15) is 19.8 Å². The van der Waals surface area contributed by atoms with Gasteiger partial charge in [0, 0.05) is 11.5 Å². The fourth-order valence-electron chi connectivity index (χ4n) is 4.96. The maximum Gasteiger partial charge on any atom is 0.334 e. The molecule has 30 heavy (non-hydrogen) atoms. The molecule has 5 N–H and O–H groups in total. The molecule has 9 heteroatoms. The van der Waals surface area contributed by atoms with Crippen molar-refractivity contribution >= 4 is 5.97 Å². The first-order valence-corrected chi connectivity index (χ1v) is 10.1. The molecule has 9 atom stereocenters. The van der Waals surface area contributed by atoms with Crippen LogP contribution in [0.4, 0.5) is 0 Å². The second kappa shape index (κ2) is 8.16. The molecule has 0 radical (unpaired) electrons. The zero-order chi connectivity index (χ0) is 21.7. The molecule has 9 nitrogen and oxygen atoms in total. The van der Waals surface area contributed by atoms with Crippen LogP contribution in [0.5, 0.6) is 0 Å². The van der Waals surface area contributed by atoms with Crippen LogP contribution in [-0.4, -0.2) is 87.6 Å². The molecule has 2 aliphatic heterocycles. The molecule has 0 spiro atoms. The third-order valence-electron chi connectivity index (χ3n) is 6.60. The molecule has 2 heterocycles. The Hall–Kier alpha value is -1.59. The summed E-state index contributed by atoms with van der Waals surface area (Å²) in [6, 6.07) is 0. The summed E-state index contributed by atoms with van der Waals surface area (Å²) in [6.45, 7) is 5.30. The average molecular weight is 424 g/mol. The Labute approximate surface area is 173 Å². The first-order chi connectivity index (χ1) is 14.2. The lowest BCUT2D eigenvalue weighted by atomic mass is 9.83. The standard InChI is InChI=1S/C21H28O9/c1-8-3-13(23)15-9(2)20(27)30-19(15)12-5-10(4-11(8)12)7-28-21-18(26)17(25)16(24)14(6-22)29-21/h4,12-19,21-26H,2-3,5-7H2,1H3/t12-,13-,14+,15+,16+,17-,18+,19+,21+/m0/s1. The van der Waals surface area contributed by atoms with E-state index in [2.05, 4.69) is 6.58 Å². The van der Waals surface area contributed by atoms with Crippen LogP contribution < -0.4 is 0 Å². The molecule has 0 bridgehead atoms. The SMILES string of the molecule is C=C1C(=O)O[C@H]2[C@H]1[C@@H](O)CC(C)=C1C=C(CO[C@@H]3O[C@H](CO)[C@@H](O)[C@H](O)[C@H]3O)C[C@@H]12. The lowest BCUT2D eigenvalue weighted by Crippen LogP contribution is -2.59. The second-order valence-electron chi connectivity index (χ2n) is 8.55. The first-order valence-electron chi connectivity index (χ1n) is 10.1. The van der Waals surface area contributed by atoms with Crippen molar-refractivity contribution < 1.29 is 44.5 Å². The molecule has 0 aromatic heterocycles. The number of hydrogen-bond donors (Lipinski definition) is 5. The van der Waals surface area contributed by atoms with Crippen LogP contribution in [0.2, 0.25) is 0 Å². The Balaban J connectivity index is 1.47. The van der Waals surface area contributed by atoms with Gasteiger partial charge in [0.05, 0.1) is 25.2 Å². The van der Waals surface area contributed by atoms with Crippen LogP contribution in [0.25, 0.3) is 0 Å². The Morgan fingerprint density at radius 2 is 1.90 bits per heavy atom. The normalized spacial score (nSPS) is 43.8. The Morgan fingerprint density at radius 3 is 2.60 bits per heavy atom. The van der Waals surface area contributed by atoms with Gasteiger partial charge in [-0.15, -0.1) is 0 Å². The van der Waals surface area contributed by atoms with Crippen LogP contribution >= 0.6 is 0 Å². The van der Waals surface area contributed by atoms with Gasteiger partial charge in [-0.25, -0.2) is 4.79 Å². The summed E-state index contributed by atoms with van der Waals surface area (Å²) in [7, 11) is 0. The van der Waals surface area contributed by atoms with Crippen molar-refractivity contribution in [2.24, 2.45) is 11.8 Å². The highest BCUT2D eigenvalue weighted by atomic mass is 16.7. The number of ether oxygens (including phenoxy) is 3. The van der Waals surface area contributed by atoms with E-state index in [4.69, 9.17) is 14.2 Å². The maximum absolute atomic E-state index is 12.0. The van der Waals surface area contributed by atoms with Gasteiger partial charge in [-0.3, -0.25) is 0 Å². The van der Waals surface area contributed by atoms with E-state index in [-0.39, 0.29) is 12.5 Å². The van der Waals surface area contributed by atoms with Crippen molar-refractivity contribution in [2.45, 2.75) is 62.7 Å². The topological polar surface area (TPSA) is 146 Å². The number of hydrogen-bond acceptors (Lipinski definition) is 9. The molecule has 0 amide bonds. The van der Waals surface area contributed by atoms with E-state index < -0.39 is 61.4 Å². The van der Waals surface area contributed by atoms with Crippen molar-refractivity contribution in [1.29, 1.82) is 0 Å². The maximum atomic E-state index is 12.0. The quantitative estimate of drug-likeness (QED) is 0.281. The molecule has 2 aliphatic carbocycles. The number of esters is 1. The zero-order valence-corrected chi connectivity index (χ0v) is 16.7. The van der Waals surface area contributed by atoms with Gasteiger partial charge in [0.15, 0.2) is 6.29 Å². The largest absolute Gasteiger partial charge is 0.458 e. The van der Waals surface area contributed by atoms with Crippen LogP contribution in [-0.2, 0) is 19.0 Å². The van der Waals surface area contributed by atoms with Crippen LogP contribution in [0.3, 0.4) is 0 Å². The lowest BCUT2D eigenvalue weighted by Gasteiger charge is -2.39. The highest BCUT2D eigenvalue weighted by Gasteiger charge is 2.50. The van der Waals surface area contributed by atoms with Gasteiger partial charge < -0.3 is 39.7 Å². The highest BCUT2D eigenvalue weighted by molar-refractivity contribution is 5.91. The van der Waals surface area contributed by atoms with Gasteiger partial charge in [0.2, 0.25) is 0 Å². The van der Waals surface area contributed by atoms with Crippen LogP contribution in [0.15, 0.2) is 34.9 Å². The minimum Gasteiger partial charge on any atom is -0.458 e. The summed E-state index contributed by atoms with van der Waals surface area (Å²) >= 11 is 0. The summed E-state index contributed by atoms with van der Waals surface area (Å²) in [5.41, 5.74) is 3.19. The molecule has 2 fully saturated rings. The number of carbonyl (C=O) groups is 1. The van der Waals surface area contributed by atoms with Crippen molar-refractivity contribution in [1.82, 2.24) is 0 Å². The van der Waals surface area contributed by atoms with Gasteiger partial charge in [0.1, 0.15) is 30.5 Å². The summed E-state index contributed by atoms with van der Waals surface area (Å²) in [5, 5.41) is 49.7. The van der Waals surface area contributed by atoms with Crippen LogP contribution in [0, 0.1) is 11.8 Å². The summed E-state index contributed by atoms with van der Waals surface area (Å²) in [6.07, 6.45) is -4.96. The predicted octanol–water partition coefficient (Wildman–Crippen LogP) is -1.07. The number of fused-ring (bicyclic) bond motifs is 3. The van der Waals surface area contributed by atoms with Gasteiger partial charge >= 0.3 is 5.97 Å². The summed E-state index contributed by atoms with van der Waals surface area (Å²) in [4.78, 5) is 12.0. The monoisotopic (exact) mass is 424 g/mol. The minimum atomic E-state index is -1.50. The average Bonchev–Trinajstić information content (AvgIpc) is 3.24. The fraction of sp³-hybridized carbons (Fsp3) is 0.667. The molecule has 0 aromatic rings. The number of allylic oxidation sites excluding steroid dienone is 1. The van der Waals surface area contributed by atoms with Crippen molar-refractivity contribution in [3.05, 3.63) is 34.9 Å². The van der Waals surface area contributed by atoms with E-state index in [0.29, 0.717) is 18.4 Å². The highest BCUT2D eigenvalue weighted by Crippen LogP contribution is 2.47. The van der Waals surface area contributed by atoms with E-state index in [1.165, 1.54) is 0 Å². The number of rotatable bonds is 4. The Morgan fingerprint density at radius 1 is 1.17 bits per heavy atom. The van der Waals surface area contributed by atoms with E-state index >= 15 is 0 Å². The molecule has 2 saturated heterocycles. The molecule has 0 unspecified atom stereocenters.